The normalized spacial score (nSPS) is 16.4. The number of hydrogen-bond donors (Lipinski definition) is 2. The van der Waals surface area contributed by atoms with Gasteiger partial charge in [0.05, 0.1) is 0 Å². The number of fused-ring (bicyclic) bond motifs is 1. The molecule has 0 spiro atoms. The summed E-state index contributed by atoms with van der Waals surface area (Å²) in [5, 5.41) is 3.97. The highest BCUT2D eigenvalue weighted by Gasteiger charge is 2.31. The lowest BCUT2D eigenvalue weighted by atomic mass is 10.0. The van der Waals surface area contributed by atoms with E-state index in [1.807, 2.05) is 18.2 Å². The Hall–Kier alpha value is -3.07. The van der Waals surface area contributed by atoms with Gasteiger partial charge in [0.1, 0.15) is 5.75 Å². The topological polar surface area (TPSA) is 100 Å². The van der Waals surface area contributed by atoms with Crippen molar-refractivity contribution < 1.29 is 22.4 Å². The number of ether oxygens (including phenoxy) is 1. The van der Waals surface area contributed by atoms with Gasteiger partial charge in [0.25, 0.3) is 5.89 Å². The molecule has 4 rings (SSSR count). The zero-order chi connectivity index (χ0) is 19.2. The lowest BCUT2D eigenvalue weighted by molar-refractivity contribution is -0.274. The van der Waals surface area contributed by atoms with Crippen molar-refractivity contribution in [1.82, 2.24) is 10.1 Å². The summed E-state index contributed by atoms with van der Waals surface area (Å²) in [5.41, 5.74) is 15.0. The van der Waals surface area contributed by atoms with Crippen molar-refractivity contribution in [1.29, 1.82) is 0 Å². The molecule has 1 aromatic heterocycles. The maximum atomic E-state index is 12.5. The smallest absolute Gasteiger partial charge is 0.406 e. The minimum Gasteiger partial charge on any atom is -0.406 e. The summed E-state index contributed by atoms with van der Waals surface area (Å²) in [6.07, 6.45) is -3.18. The molecular formula is C18H15F3N4O2. The number of hydrogen-bond acceptors (Lipinski definition) is 6. The Morgan fingerprint density at radius 2 is 2.00 bits per heavy atom. The van der Waals surface area contributed by atoms with Crippen LogP contribution in [0.3, 0.4) is 0 Å². The largest absolute Gasteiger partial charge is 0.573 e. The minimum atomic E-state index is -4.82. The number of alkyl halides is 3. The van der Waals surface area contributed by atoms with Gasteiger partial charge in [0, 0.05) is 28.9 Å². The van der Waals surface area contributed by atoms with Crippen LogP contribution < -0.4 is 16.2 Å². The second-order valence-corrected chi connectivity index (χ2v) is 6.28. The Bertz CT molecular complexity index is 1000. The molecule has 1 aliphatic rings. The van der Waals surface area contributed by atoms with E-state index in [4.69, 9.17) is 16.0 Å². The van der Waals surface area contributed by atoms with Crippen LogP contribution >= 0.6 is 0 Å². The summed E-state index contributed by atoms with van der Waals surface area (Å²) in [7, 11) is 0. The van der Waals surface area contributed by atoms with Crippen LogP contribution in [0.4, 0.5) is 18.9 Å². The van der Waals surface area contributed by atoms with Gasteiger partial charge in [-0.15, -0.1) is 13.2 Å². The molecule has 0 bridgehead atoms. The molecule has 27 heavy (non-hydrogen) atoms. The first-order chi connectivity index (χ1) is 12.8. The number of aromatic nitrogens is 2. The van der Waals surface area contributed by atoms with Gasteiger partial charge in [-0.05, 0) is 36.1 Å². The van der Waals surface area contributed by atoms with Crippen LogP contribution in [0.5, 0.6) is 5.75 Å². The first-order valence-electron chi connectivity index (χ1n) is 8.18. The van der Waals surface area contributed by atoms with Gasteiger partial charge in [0.15, 0.2) is 0 Å². The lowest BCUT2D eigenvalue weighted by Crippen LogP contribution is -2.17. The Morgan fingerprint density at radius 3 is 2.78 bits per heavy atom. The van der Waals surface area contributed by atoms with Crippen LogP contribution in [0.1, 0.15) is 23.6 Å². The van der Waals surface area contributed by atoms with Gasteiger partial charge in [-0.1, -0.05) is 23.4 Å². The number of benzene rings is 2. The highest BCUT2D eigenvalue weighted by atomic mass is 19.4. The molecule has 1 heterocycles. The number of anilines is 1. The Morgan fingerprint density at radius 1 is 1.19 bits per heavy atom. The summed E-state index contributed by atoms with van der Waals surface area (Å²) in [6.45, 7) is 0. The van der Waals surface area contributed by atoms with Crippen molar-refractivity contribution in [3.8, 4) is 28.6 Å². The SMILES string of the molecule is Nc1cc(OC(F)(F)F)cc(-c2nc(-c3cccc4c3CCC4N)no2)c1. The van der Waals surface area contributed by atoms with Gasteiger partial charge in [-0.3, -0.25) is 0 Å². The molecule has 1 aliphatic carbocycles. The molecule has 0 fully saturated rings. The van der Waals surface area contributed by atoms with E-state index in [1.54, 1.807) is 0 Å². The third-order valence-electron chi connectivity index (χ3n) is 4.39. The highest BCUT2D eigenvalue weighted by molar-refractivity contribution is 5.68. The molecule has 1 atom stereocenters. The molecule has 140 valence electrons. The molecule has 0 saturated heterocycles. The number of rotatable bonds is 3. The first-order valence-corrected chi connectivity index (χ1v) is 8.18. The third-order valence-corrected chi connectivity index (χ3v) is 4.39. The monoisotopic (exact) mass is 376 g/mol. The molecule has 0 radical (unpaired) electrons. The molecule has 0 aliphatic heterocycles. The molecule has 6 nitrogen and oxygen atoms in total. The molecular weight excluding hydrogens is 361 g/mol. The summed E-state index contributed by atoms with van der Waals surface area (Å²) in [6, 6.07) is 9.32. The first kappa shape index (κ1) is 17.3. The van der Waals surface area contributed by atoms with E-state index in [2.05, 4.69) is 14.9 Å². The molecule has 1 unspecified atom stereocenters. The van der Waals surface area contributed by atoms with Crippen LogP contribution in [0.15, 0.2) is 40.9 Å². The van der Waals surface area contributed by atoms with Gasteiger partial charge < -0.3 is 20.7 Å². The summed E-state index contributed by atoms with van der Waals surface area (Å²) >= 11 is 0. The molecule has 0 amide bonds. The van der Waals surface area contributed by atoms with Crippen LogP contribution in [0, 0.1) is 0 Å². The van der Waals surface area contributed by atoms with Crippen LogP contribution in [0.25, 0.3) is 22.8 Å². The van der Waals surface area contributed by atoms with Gasteiger partial charge in [-0.25, -0.2) is 0 Å². The van der Waals surface area contributed by atoms with Crippen molar-refractivity contribution in [2.75, 3.05) is 5.73 Å². The number of halogens is 3. The molecule has 3 aromatic rings. The lowest BCUT2D eigenvalue weighted by Gasteiger charge is -2.10. The van der Waals surface area contributed by atoms with E-state index in [9.17, 15) is 13.2 Å². The van der Waals surface area contributed by atoms with Crippen molar-refractivity contribution in [3.63, 3.8) is 0 Å². The van der Waals surface area contributed by atoms with Crippen LogP contribution in [-0.2, 0) is 6.42 Å². The van der Waals surface area contributed by atoms with Crippen LogP contribution in [-0.4, -0.2) is 16.5 Å². The van der Waals surface area contributed by atoms with Crippen molar-refractivity contribution in [2.24, 2.45) is 5.73 Å². The zero-order valence-corrected chi connectivity index (χ0v) is 14.0. The van der Waals surface area contributed by atoms with E-state index in [0.717, 1.165) is 41.7 Å². The molecule has 9 heteroatoms. The van der Waals surface area contributed by atoms with E-state index in [1.165, 1.54) is 6.07 Å². The predicted octanol–water partition coefficient (Wildman–Crippen LogP) is 3.83. The zero-order valence-electron chi connectivity index (χ0n) is 14.0. The highest BCUT2D eigenvalue weighted by Crippen LogP contribution is 2.36. The van der Waals surface area contributed by atoms with E-state index >= 15 is 0 Å². The van der Waals surface area contributed by atoms with E-state index in [0.29, 0.717) is 5.82 Å². The molecule has 0 saturated carbocycles. The maximum absolute atomic E-state index is 12.5. The summed E-state index contributed by atoms with van der Waals surface area (Å²) in [5.74, 6) is -0.0651. The third kappa shape index (κ3) is 3.45. The standard InChI is InChI=1S/C18H15F3N4O2/c19-18(20,21)26-11-7-9(6-10(22)8-11)17-24-16(25-27-17)14-3-1-2-13-12(14)4-5-15(13)23/h1-3,6-8,15H,4-5,22-23H2. The number of nitrogens with two attached hydrogens (primary N) is 2. The summed E-state index contributed by atoms with van der Waals surface area (Å²) < 4.78 is 46.6. The maximum Gasteiger partial charge on any atom is 0.573 e. The van der Waals surface area contributed by atoms with Gasteiger partial charge >= 0.3 is 6.36 Å². The molecule has 2 aromatic carbocycles. The van der Waals surface area contributed by atoms with E-state index in [-0.39, 0.29) is 23.2 Å². The second-order valence-electron chi connectivity index (χ2n) is 6.28. The average Bonchev–Trinajstić information content (AvgIpc) is 3.20. The Balaban J connectivity index is 1.70. The van der Waals surface area contributed by atoms with Crippen LogP contribution in [0.2, 0.25) is 0 Å². The fraction of sp³-hybridized carbons (Fsp3) is 0.222. The Kier molecular flexibility index (Phi) is 4.03. The fourth-order valence-electron chi connectivity index (χ4n) is 3.28. The average molecular weight is 376 g/mol. The van der Waals surface area contributed by atoms with Crippen molar-refractivity contribution >= 4 is 5.69 Å². The second kappa shape index (κ2) is 6.27. The Labute approximate surface area is 151 Å². The fourth-order valence-corrected chi connectivity index (χ4v) is 3.28. The van der Waals surface area contributed by atoms with E-state index < -0.39 is 12.1 Å². The minimum absolute atomic E-state index is 0.0256. The van der Waals surface area contributed by atoms with Gasteiger partial charge in [0.2, 0.25) is 5.82 Å². The predicted molar refractivity (Wildman–Crippen MR) is 91.5 cm³/mol. The number of nitrogen functional groups attached to an aromatic ring is 1. The van der Waals surface area contributed by atoms with Crippen molar-refractivity contribution in [3.05, 3.63) is 47.5 Å². The van der Waals surface area contributed by atoms with Gasteiger partial charge in [-0.2, -0.15) is 4.98 Å². The molecule has 4 N–H and O–H groups in total. The number of nitrogens with zero attached hydrogens (tertiary/aromatic N) is 2. The summed E-state index contributed by atoms with van der Waals surface area (Å²) in [4.78, 5) is 4.32. The quantitative estimate of drug-likeness (QED) is 0.674. The van der Waals surface area contributed by atoms with Crippen molar-refractivity contribution in [2.45, 2.75) is 25.2 Å².